The molecule has 1 N–H and O–H groups in total. The summed E-state index contributed by atoms with van der Waals surface area (Å²) in [6.07, 6.45) is 2.79. The Kier molecular flexibility index (Phi) is 7.68. The van der Waals surface area contributed by atoms with E-state index in [4.69, 9.17) is 18.9 Å². The number of ether oxygens (including phenoxy) is 4. The summed E-state index contributed by atoms with van der Waals surface area (Å²) in [5, 5.41) is 15.8. The van der Waals surface area contributed by atoms with Crippen LogP contribution in [0.5, 0.6) is 23.1 Å². The van der Waals surface area contributed by atoms with E-state index in [9.17, 15) is 5.11 Å². The predicted octanol–water partition coefficient (Wildman–Crippen LogP) is 5.18. The minimum absolute atomic E-state index is 0.0855. The van der Waals surface area contributed by atoms with Crippen molar-refractivity contribution >= 4 is 16.3 Å². The maximum Gasteiger partial charge on any atom is 0.230 e. The summed E-state index contributed by atoms with van der Waals surface area (Å²) in [5.74, 6) is 2.88. The Morgan fingerprint density at radius 3 is 2.39 bits per heavy atom. The van der Waals surface area contributed by atoms with Gasteiger partial charge in [0.2, 0.25) is 16.6 Å². The van der Waals surface area contributed by atoms with Crippen molar-refractivity contribution in [3.05, 3.63) is 28.4 Å². The number of aromatic hydroxyl groups is 1. The Balaban J connectivity index is 1.96. The fourth-order valence-corrected chi connectivity index (χ4v) is 6.22. The second-order valence-electron chi connectivity index (χ2n) is 9.89. The van der Waals surface area contributed by atoms with E-state index in [-0.39, 0.29) is 18.0 Å². The van der Waals surface area contributed by atoms with Gasteiger partial charge in [-0.15, -0.1) is 5.10 Å². The molecule has 1 aliphatic rings. The molecule has 4 rings (SSSR count). The molecule has 10 heteroatoms. The van der Waals surface area contributed by atoms with Crippen molar-refractivity contribution in [2.75, 3.05) is 27.9 Å². The van der Waals surface area contributed by atoms with Gasteiger partial charge in [0.25, 0.3) is 0 Å². The van der Waals surface area contributed by atoms with Crippen molar-refractivity contribution < 1.29 is 24.1 Å². The van der Waals surface area contributed by atoms with Crippen molar-refractivity contribution in [3.63, 3.8) is 0 Å². The lowest BCUT2D eigenvalue weighted by Gasteiger charge is -2.42. The minimum atomic E-state index is -0.530. The molecule has 2 aromatic heterocycles. The number of rotatable bonds is 10. The molecule has 0 saturated carbocycles. The van der Waals surface area contributed by atoms with Crippen molar-refractivity contribution in [2.45, 2.75) is 71.7 Å². The van der Waals surface area contributed by atoms with E-state index in [0.29, 0.717) is 40.6 Å². The summed E-state index contributed by atoms with van der Waals surface area (Å²) in [4.78, 5) is 8.33. The zero-order valence-corrected chi connectivity index (χ0v) is 23.3. The molecule has 3 aromatic rings. The number of thiazole rings is 1. The highest BCUT2D eigenvalue weighted by Gasteiger charge is 2.49. The van der Waals surface area contributed by atoms with Gasteiger partial charge in [0.1, 0.15) is 11.5 Å². The molecule has 1 saturated heterocycles. The Bertz CT molecular complexity index is 1180. The van der Waals surface area contributed by atoms with Crippen LogP contribution in [0, 0.1) is 12.8 Å². The standard InChI is InChI=1S/C26H38N4O5S/c1-9-18-14-35-26(5,11-10-15(2)3)29(18)21(23-24(31)30-25(36-23)27-16(4)28-30)17-12-19(32-6)22(34-8)20(13-17)33-7/h12-13,15,18,21,31H,9-11,14H2,1-8H3. The molecule has 0 radical (unpaired) electrons. The first kappa shape index (κ1) is 26.5. The van der Waals surface area contributed by atoms with Gasteiger partial charge in [0.05, 0.1) is 38.9 Å². The predicted molar refractivity (Wildman–Crippen MR) is 140 cm³/mol. The van der Waals surface area contributed by atoms with E-state index in [2.05, 4.69) is 42.7 Å². The molecule has 36 heavy (non-hydrogen) atoms. The van der Waals surface area contributed by atoms with Crippen molar-refractivity contribution in [2.24, 2.45) is 5.92 Å². The van der Waals surface area contributed by atoms with E-state index in [1.165, 1.54) is 15.9 Å². The van der Waals surface area contributed by atoms with Crippen LogP contribution in [0.25, 0.3) is 4.96 Å². The third-order valence-corrected chi connectivity index (χ3v) is 8.09. The van der Waals surface area contributed by atoms with Crippen molar-refractivity contribution in [3.8, 4) is 23.1 Å². The van der Waals surface area contributed by atoms with E-state index in [0.717, 1.165) is 29.7 Å². The smallest absolute Gasteiger partial charge is 0.230 e. The molecule has 1 aromatic carbocycles. The van der Waals surface area contributed by atoms with Crippen LogP contribution >= 0.6 is 11.3 Å². The first-order valence-corrected chi connectivity index (χ1v) is 13.3. The molecule has 0 bridgehead atoms. The van der Waals surface area contributed by atoms with Crippen molar-refractivity contribution in [1.82, 2.24) is 19.5 Å². The molecule has 3 atom stereocenters. The number of fused-ring (bicyclic) bond motifs is 1. The highest BCUT2D eigenvalue weighted by molar-refractivity contribution is 7.17. The normalized spacial score (nSPS) is 21.4. The number of nitrogens with zero attached hydrogens (tertiary/aromatic N) is 4. The number of hydrogen-bond acceptors (Lipinski definition) is 9. The number of hydrogen-bond donors (Lipinski definition) is 1. The number of aromatic nitrogens is 3. The molecule has 0 spiro atoms. The molecular formula is C26H38N4O5S. The monoisotopic (exact) mass is 518 g/mol. The average molecular weight is 519 g/mol. The third-order valence-electron chi connectivity index (χ3n) is 7.02. The summed E-state index contributed by atoms with van der Waals surface area (Å²) in [7, 11) is 4.82. The summed E-state index contributed by atoms with van der Waals surface area (Å²) >= 11 is 1.44. The molecule has 1 fully saturated rings. The lowest BCUT2D eigenvalue weighted by molar-refractivity contribution is -0.0915. The van der Waals surface area contributed by atoms with E-state index in [1.54, 1.807) is 21.3 Å². The average Bonchev–Trinajstić information content (AvgIpc) is 3.49. The van der Waals surface area contributed by atoms with Gasteiger partial charge in [0, 0.05) is 6.04 Å². The summed E-state index contributed by atoms with van der Waals surface area (Å²) in [5.41, 5.74) is 0.374. The fraction of sp³-hybridized carbons (Fsp3) is 0.615. The first-order valence-electron chi connectivity index (χ1n) is 12.4. The maximum absolute atomic E-state index is 11.4. The largest absolute Gasteiger partial charge is 0.493 e. The van der Waals surface area contributed by atoms with E-state index >= 15 is 0 Å². The second kappa shape index (κ2) is 10.4. The van der Waals surface area contributed by atoms with Gasteiger partial charge in [-0.1, -0.05) is 32.1 Å². The lowest BCUT2D eigenvalue weighted by Crippen LogP contribution is -2.48. The van der Waals surface area contributed by atoms with Crippen LogP contribution in [0.15, 0.2) is 12.1 Å². The van der Waals surface area contributed by atoms with Gasteiger partial charge in [-0.3, -0.25) is 4.90 Å². The van der Waals surface area contributed by atoms with E-state index < -0.39 is 5.72 Å². The highest BCUT2D eigenvalue weighted by atomic mass is 32.1. The Morgan fingerprint density at radius 2 is 1.86 bits per heavy atom. The third kappa shape index (κ3) is 4.62. The van der Waals surface area contributed by atoms with Crippen LogP contribution < -0.4 is 14.2 Å². The van der Waals surface area contributed by atoms with Crippen LogP contribution in [0.3, 0.4) is 0 Å². The summed E-state index contributed by atoms with van der Waals surface area (Å²) in [6, 6.07) is 3.72. The van der Waals surface area contributed by atoms with Gasteiger partial charge in [-0.2, -0.15) is 4.52 Å². The Hall–Kier alpha value is -2.56. The summed E-state index contributed by atoms with van der Waals surface area (Å²) in [6.45, 7) is 11.2. The quantitative estimate of drug-likeness (QED) is 0.393. The number of aryl methyl sites for hydroxylation is 1. The Morgan fingerprint density at radius 1 is 1.19 bits per heavy atom. The van der Waals surface area contributed by atoms with Crippen LogP contribution in [-0.2, 0) is 4.74 Å². The highest BCUT2D eigenvalue weighted by Crippen LogP contribution is 2.50. The molecule has 198 valence electrons. The molecule has 9 nitrogen and oxygen atoms in total. The zero-order chi connectivity index (χ0) is 26.2. The molecule has 1 aliphatic heterocycles. The van der Waals surface area contributed by atoms with Gasteiger partial charge >= 0.3 is 0 Å². The van der Waals surface area contributed by atoms with Gasteiger partial charge in [-0.05, 0) is 56.7 Å². The number of benzene rings is 1. The van der Waals surface area contributed by atoms with Gasteiger partial charge < -0.3 is 24.1 Å². The molecule has 0 aliphatic carbocycles. The van der Waals surface area contributed by atoms with Gasteiger partial charge in [0.15, 0.2) is 11.5 Å². The van der Waals surface area contributed by atoms with Crippen LogP contribution in [0.2, 0.25) is 0 Å². The SMILES string of the molecule is CCC1COC(C)(CCC(C)C)N1C(c1cc(OC)c(OC)c(OC)c1)c1sc2nc(C)nn2c1O. The van der Waals surface area contributed by atoms with Crippen LogP contribution in [0.4, 0.5) is 0 Å². The van der Waals surface area contributed by atoms with Crippen LogP contribution in [-0.4, -0.2) is 64.3 Å². The summed E-state index contributed by atoms with van der Waals surface area (Å²) < 4.78 is 25.0. The fourth-order valence-electron chi connectivity index (χ4n) is 5.10. The first-order chi connectivity index (χ1) is 17.2. The zero-order valence-electron chi connectivity index (χ0n) is 22.5. The molecular weight excluding hydrogens is 480 g/mol. The topological polar surface area (TPSA) is 90.6 Å². The molecule has 3 heterocycles. The molecule has 0 amide bonds. The van der Waals surface area contributed by atoms with Crippen LogP contribution in [0.1, 0.15) is 69.3 Å². The van der Waals surface area contributed by atoms with E-state index in [1.807, 2.05) is 19.1 Å². The van der Waals surface area contributed by atoms with Gasteiger partial charge in [-0.25, -0.2) is 4.98 Å². The second-order valence-corrected chi connectivity index (χ2v) is 10.9. The Labute approximate surface area is 216 Å². The minimum Gasteiger partial charge on any atom is -0.493 e. The lowest BCUT2D eigenvalue weighted by atomic mass is 9.94. The maximum atomic E-state index is 11.4. The number of methoxy groups -OCH3 is 3. The molecule has 3 unspecified atom stereocenters. The van der Waals surface area contributed by atoms with Crippen molar-refractivity contribution in [1.29, 1.82) is 0 Å².